The molecule has 1 saturated heterocycles. The Hall–Kier alpha value is -1.70. The molecule has 0 radical (unpaired) electrons. The fourth-order valence-corrected chi connectivity index (χ4v) is 3.05. The van der Waals surface area contributed by atoms with Crippen molar-refractivity contribution in [3.8, 4) is 0 Å². The lowest BCUT2D eigenvalue weighted by Gasteiger charge is -2.33. The van der Waals surface area contributed by atoms with Crippen molar-refractivity contribution in [2.24, 2.45) is 0 Å². The van der Waals surface area contributed by atoms with Crippen molar-refractivity contribution in [3.63, 3.8) is 0 Å². The number of thiophene rings is 1. The van der Waals surface area contributed by atoms with Gasteiger partial charge in [-0.25, -0.2) is 4.79 Å². The highest BCUT2D eigenvalue weighted by molar-refractivity contribution is 7.09. The number of nitrogens with zero attached hydrogens (tertiary/aromatic N) is 2. The lowest BCUT2D eigenvalue weighted by atomic mass is 10.3. The smallest absolute Gasteiger partial charge is 0.321 e. The van der Waals surface area contributed by atoms with Crippen molar-refractivity contribution in [1.29, 1.82) is 0 Å². The summed E-state index contributed by atoms with van der Waals surface area (Å²) in [5.41, 5.74) is 0. The number of imide groups is 1. The largest absolute Gasteiger partial charge is 0.334 e. The monoisotopic (exact) mass is 322 g/mol. The number of urea groups is 1. The number of rotatable bonds is 6. The Kier molecular flexibility index (Phi) is 6.57. The van der Waals surface area contributed by atoms with E-state index in [-0.39, 0.29) is 12.5 Å². The van der Waals surface area contributed by atoms with E-state index in [1.165, 1.54) is 4.88 Å². The molecule has 120 valence electrons. The van der Waals surface area contributed by atoms with E-state index in [9.17, 15) is 9.59 Å². The molecule has 6 nitrogen and oxygen atoms in total. The summed E-state index contributed by atoms with van der Waals surface area (Å²) in [6.07, 6.45) is 1.57. The van der Waals surface area contributed by atoms with Crippen molar-refractivity contribution in [1.82, 2.24) is 20.4 Å². The molecule has 2 N–H and O–H groups in total. The van der Waals surface area contributed by atoms with Gasteiger partial charge in [0.15, 0.2) is 0 Å². The van der Waals surface area contributed by atoms with Gasteiger partial charge in [-0.1, -0.05) is 12.1 Å². The molecular formula is C15H22N4O2S. The van der Waals surface area contributed by atoms with Gasteiger partial charge in [0, 0.05) is 44.1 Å². The van der Waals surface area contributed by atoms with Crippen LogP contribution in [0.1, 0.15) is 4.88 Å². The minimum atomic E-state index is -0.471. The van der Waals surface area contributed by atoms with Gasteiger partial charge < -0.3 is 5.32 Å². The van der Waals surface area contributed by atoms with Crippen molar-refractivity contribution in [2.45, 2.75) is 6.54 Å². The van der Waals surface area contributed by atoms with E-state index < -0.39 is 6.03 Å². The molecule has 1 aromatic heterocycles. The van der Waals surface area contributed by atoms with Crippen molar-refractivity contribution >= 4 is 23.3 Å². The van der Waals surface area contributed by atoms with E-state index in [0.717, 1.165) is 32.7 Å². The third kappa shape index (κ3) is 5.59. The molecule has 1 aromatic rings. The van der Waals surface area contributed by atoms with Gasteiger partial charge in [-0.05, 0) is 11.4 Å². The molecule has 22 heavy (non-hydrogen) atoms. The maximum Gasteiger partial charge on any atom is 0.321 e. The number of nitrogens with one attached hydrogen (secondary N) is 2. The van der Waals surface area contributed by atoms with Gasteiger partial charge in [-0.3, -0.25) is 19.9 Å². The molecule has 2 heterocycles. The molecule has 0 spiro atoms. The van der Waals surface area contributed by atoms with E-state index in [1.54, 1.807) is 17.4 Å². The maximum absolute atomic E-state index is 11.8. The van der Waals surface area contributed by atoms with Crippen molar-refractivity contribution < 1.29 is 9.59 Å². The molecule has 0 saturated carbocycles. The highest BCUT2D eigenvalue weighted by atomic mass is 32.1. The van der Waals surface area contributed by atoms with Crippen molar-refractivity contribution in [2.75, 3.05) is 39.3 Å². The van der Waals surface area contributed by atoms with Gasteiger partial charge >= 0.3 is 6.03 Å². The first-order chi connectivity index (χ1) is 10.7. The summed E-state index contributed by atoms with van der Waals surface area (Å²) in [4.78, 5) is 29.0. The quantitative estimate of drug-likeness (QED) is 0.763. The molecule has 1 fully saturated rings. The average molecular weight is 322 g/mol. The van der Waals surface area contributed by atoms with Gasteiger partial charge in [0.2, 0.25) is 5.91 Å². The Balaban J connectivity index is 1.65. The molecule has 7 heteroatoms. The zero-order valence-electron chi connectivity index (χ0n) is 12.6. The Morgan fingerprint density at radius 1 is 1.27 bits per heavy atom. The van der Waals surface area contributed by atoms with Gasteiger partial charge in [0.05, 0.1) is 6.54 Å². The lowest BCUT2D eigenvalue weighted by Crippen LogP contribution is -2.50. The third-order valence-electron chi connectivity index (χ3n) is 3.45. The Bertz CT molecular complexity index is 496. The predicted octanol–water partition coefficient (Wildman–Crippen LogP) is 0.878. The molecule has 0 aromatic carbocycles. The molecular weight excluding hydrogens is 300 g/mol. The first-order valence-corrected chi connectivity index (χ1v) is 8.21. The summed E-state index contributed by atoms with van der Waals surface area (Å²) in [6.45, 7) is 8.64. The normalized spacial score (nSPS) is 16.2. The fourth-order valence-electron chi connectivity index (χ4n) is 2.31. The summed E-state index contributed by atoms with van der Waals surface area (Å²) in [5.74, 6) is -0.270. The van der Waals surface area contributed by atoms with E-state index in [4.69, 9.17) is 0 Å². The summed E-state index contributed by atoms with van der Waals surface area (Å²) >= 11 is 1.77. The van der Waals surface area contributed by atoms with E-state index in [2.05, 4.69) is 44.5 Å². The maximum atomic E-state index is 11.8. The average Bonchev–Trinajstić information content (AvgIpc) is 3.00. The number of piperazine rings is 1. The summed E-state index contributed by atoms with van der Waals surface area (Å²) in [6, 6.07) is 3.74. The lowest BCUT2D eigenvalue weighted by molar-refractivity contribution is -0.121. The highest BCUT2D eigenvalue weighted by Crippen LogP contribution is 2.13. The Labute approximate surface area is 134 Å². The van der Waals surface area contributed by atoms with Gasteiger partial charge in [0.1, 0.15) is 0 Å². The predicted molar refractivity (Wildman–Crippen MR) is 87.8 cm³/mol. The molecule has 0 aliphatic carbocycles. The Morgan fingerprint density at radius 2 is 2.00 bits per heavy atom. The summed E-state index contributed by atoms with van der Waals surface area (Å²) in [7, 11) is 0. The van der Waals surface area contributed by atoms with Crippen LogP contribution in [0.15, 0.2) is 30.2 Å². The van der Waals surface area contributed by atoms with E-state index in [0.29, 0.717) is 6.54 Å². The van der Waals surface area contributed by atoms with Gasteiger partial charge in [-0.15, -0.1) is 17.9 Å². The van der Waals surface area contributed by atoms with Crippen LogP contribution >= 0.6 is 11.3 Å². The summed E-state index contributed by atoms with van der Waals surface area (Å²) in [5, 5.41) is 6.93. The molecule has 0 bridgehead atoms. The second-order valence-electron chi connectivity index (χ2n) is 5.18. The third-order valence-corrected chi connectivity index (χ3v) is 4.31. The highest BCUT2D eigenvalue weighted by Gasteiger charge is 2.19. The van der Waals surface area contributed by atoms with Gasteiger partial charge in [0.25, 0.3) is 0 Å². The van der Waals surface area contributed by atoms with Crippen LogP contribution in [-0.4, -0.2) is 61.0 Å². The number of carbonyl (C=O) groups is 2. The fraction of sp³-hybridized carbons (Fsp3) is 0.467. The zero-order chi connectivity index (χ0) is 15.8. The molecule has 0 atom stereocenters. The first kappa shape index (κ1) is 16.7. The molecule has 0 unspecified atom stereocenters. The minimum Gasteiger partial charge on any atom is -0.334 e. The molecule has 1 aliphatic heterocycles. The van der Waals surface area contributed by atoms with Crippen LogP contribution in [0, 0.1) is 0 Å². The van der Waals surface area contributed by atoms with Crippen LogP contribution in [0.4, 0.5) is 4.79 Å². The number of amides is 3. The molecule has 1 aliphatic rings. The van der Waals surface area contributed by atoms with Gasteiger partial charge in [-0.2, -0.15) is 0 Å². The van der Waals surface area contributed by atoms with E-state index >= 15 is 0 Å². The van der Waals surface area contributed by atoms with E-state index in [1.807, 2.05) is 0 Å². The second-order valence-corrected chi connectivity index (χ2v) is 6.21. The van der Waals surface area contributed by atoms with Crippen LogP contribution in [0.5, 0.6) is 0 Å². The number of carbonyl (C=O) groups excluding carboxylic acids is 2. The van der Waals surface area contributed by atoms with Crippen LogP contribution < -0.4 is 10.6 Å². The SMILES string of the molecule is C=CCNC(=O)NC(=O)CN1CCN(Cc2cccs2)CC1. The summed E-state index contributed by atoms with van der Waals surface area (Å²) < 4.78 is 0. The standard InChI is InChI=1S/C15H22N4O2S/c1-2-5-16-15(21)17-14(20)12-19-8-6-18(7-9-19)11-13-4-3-10-22-13/h2-4,10H,1,5-9,11-12H2,(H2,16,17,20,21). The zero-order valence-corrected chi connectivity index (χ0v) is 13.4. The minimum absolute atomic E-state index is 0.258. The van der Waals surface area contributed by atoms with Crippen LogP contribution in [0.25, 0.3) is 0 Å². The van der Waals surface area contributed by atoms with Crippen LogP contribution in [0.2, 0.25) is 0 Å². The number of hydrogen-bond acceptors (Lipinski definition) is 5. The van der Waals surface area contributed by atoms with Crippen LogP contribution in [0.3, 0.4) is 0 Å². The topological polar surface area (TPSA) is 64.7 Å². The van der Waals surface area contributed by atoms with Crippen LogP contribution in [-0.2, 0) is 11.3 Å². The van der Waals surface area contributed by atoms with Crippen molar-refractivity contribution in [3.05, 3.63) is 35.0 Å². The Morgan fingerprint density at radius 3 is 2.64 bits per heavy atom. The molecule has 2 rings (SSSR count). The number of hydrogen-bond donors (Lipinski definition) is 2. The molecule has 3 amide bonds. The second kappa shape index (κ2) is 8.67. The first-order valence-electron chi connectivity index (χ1n) is 7.33.